The molecule has 138 valence electrons. The van der Waals surface area contributed by atoms with E-state index in [0.29, 0.717) is 12.4 Å². The standard InChI is InChI=1S/C21H21FN4O/c1-13-8-14(2)20(15(3)9-13)26-19-12-23-18(11-24-19)21(27)25-10-16-4-6-17(22)7-5-16/h4-9,11-12H,10H2,1-3H3,(H,24,26)(H,25,27). The molecule has 1 amide bonds. The lowest BCUT2D eigenvalue weighted by atomic mass is 10.1. The number of carbonyl (C=O) groups excluding carboxylic acids is 1. The van der Waals surface area contributed by atoms with E-state index >= 15 is 0 Å². The maximum absolute atomic E-state index is 12.9. The van der Waals surface area contributed by atoms with Crippen LogP contribution in [-0.2, 0) is 6.54 Å². The van der Waals surface area contributed by atoms with Gasteiger partial charge in [-0.05, 0) is 49.6 Å². The maximum atomic E-state index is 12.9. The molecular weight excluding hydrogens is 343 g/mol. The van der Waals surface area contributed by atoms with E-state index in [1.807, 2.05) is 13.8 Å². The Hall–Kier alpha value is -3.28. The molecule has 3 rings (SSSR count). The van der Waals surface area contributed by atoms with Crippen LogP contribution in [0.25, 0.3) is 0 Å². The zero-order chi connectivity index (χ0) is 19.4. The molecule has 0 bridgehead atoms. The molecule has 0 unspecified atom stereocenters. The molecule has 5 nitrogen and oxygen atoms in total. The van der Waals surface area contributed by atoms with Gasteiger partial charge in [-0.15, -0.1) is 0 Å². The first-order valence-corrected chi connectivity index (χ1v) is 8.62. The van der Waals surface area contributed by atoms with E-state index in [2.05, 4.69) is 39.7 Å². The normalized spacial score (nSPS) is 10.5. The SMILES string of the molecule is Cc1cc(C)c(Nc2cnc(C(=O)NCc3ccc(F)cc3)cn2)c(C)c1. The highest BCUT2D eigenvalue weighted by Gasteiger charge is 2.09. The van der Waals surface area contributed by atoms with Crippen LogP contribution in [-0.4, -0.2) is 15.9 Å². The van der Waals surface area contributed by atoms with E-state index in [9.17, 15) is 9.18 Å². The van der Waals surface area contributed by atoms with Crippen molar-refractivity contribution in [1.82, 2.24) is 15.3 Å². The predicted octanol–water partition coefficient (Wildman–Crippen LogP) is 4.21. The number of rotatable bonds is 5. The van der Waals surface area contributed by atoms with Crippen molar-refractivity contribution < 1.29 is 9.18 Å². The largest absolute Gasteiger partial charge is 0.347 e. The van der Waals surface area contributed by atoms with Crippen LogP contribution in [0.15, 0.2) is 48.8 Å². The van der Waals surface area contributed by atoms with Crippen molar-refractivity contribution in [3.05, 3.63) is 82.6 Å². The van der Waals surface area contributed by atoms with Gasteiger partial charge >= 0.3 is 0 Å². The van der Waals surface area contributed by atoms with Crippen LogP contribution in [0.2, 0.25) is 0 Å². The molecule has 3 aromatic rings. The summed E-state index contributed by atoms with van der Waals surface area (Å²) in [5, 5.41) is 6.00. The minimum atomic E-state index is -0.332. The summed E-state index contributed by atoms with van der Waals surface area (Å²) in [5.41, 5.74) is 5.46. The summed E-state index contributed by atoms with van der Waals surface area (Å²) < 4.78 is 12.9. The van der Waals surface area contributed by atoms with Crippen LogP contribution in [0.1, 0.15) is 32.7 Å². The van der Waals surface area contributed by atoms with Crippen molar-refractivity contribution in [2.24, 2.45) is 0 Å². The van der Waals surface area contributed by atoms with E-state index < -0.39 is 0 Å². The average Bonchev–Trinajstić information content (AvgIpc) is 2.64. The second-order valence-electron chi connectivity index (χ2n) is 6.49. The van der Waals surface area contributed by atoms with Crippen molar-refractivity contribution in [3.63, 3.8) is 0 Å². The number of aryl methyl sites for hydroxylation is 3. The smallest absolute Gasteiger partial charge is 0.271 e. The Morgan fingerprint density at radius 1 is 1.00 bits per heavy atom. The van der Waals surface area contributed by atoms with Gasteiger partial charge in [-0.1, -0.05) is 29.8 Å². The molecule has 0 aliphatic heterocycles. The van der Waals surface area contributed by atoms with Crippen molar-refractivity contribution in [2.45, 2.75) is 27.3 Å². The summed E-state index contributed by atoms with van der Waals surface area (Å²) in [6.07, 6.45) is 2.97. The zero-order valence-corrected chi connectivity index (χ0v) is 15.5. The van der Waals surface area contributed by atoms with Crippen LogP contribution < -0.4 is 10.6 Å². The van der Waals surface area contributed by atoms with Crippen molar-refractivity contribution in [3.8, 4) is 0 Å². The first-order valence-electron chi connectivity index (χ1n) is 8.62. The molecule has 2 aromatic carbocycles. The number of benzene rings is 2. The van der Waals surface area contributed by atoms with Gasteiger partial charge in [0.15, 0.2) is 0 Å². The molecule has 27 heavy (non-hydrogen) atoms. The molecule has 0 radical (unpaired) electrons. The fourth-order valence-electron chi connectivity index (χ4n) is 2.89. The lowest BCUT2D eigenvalue weighted by Gasteiger charge is -2.13. The monoisotopic (exact) mass is 364 g/mol. The highest BCUT2D eigenvalue weighted by Crippen LogP contribution is 2.24. The Morgan fingerprint density at radius 3 is 2.26 bits per heavy atom. The fraction of sp³-hybridized carbons (Fsp3) is 0.190. The molecule has 0 saturated heterocycles. The third-order valence-corrected chi connectivity index (χ3v) is 4.18. The van der Waals surface area contributed by atoms with Crippen molar-refractivity contribution >= 4 is 17.4 Å². The zero-order valence-electron chi connectivity index (χ0n) is 15.5. The topological polar surface area (TPSA) is 66.9 Å². The lowest BCUT2D eigenvalue weighted by molar-refractivity contribution is 0.0945. The minimum Gasteiger partial charge on any atom is -0.347 e. The Balaban J connectivity index is 1.64. The van der Waals surface area contributed by atoms with Crippen LogP contribution >= 0.6 is 0 Å². The number of anilines is 2. The van der Waals surface area contributed by atoms with E-state index in [1.54, 1.807) is 12.1 Å². The third-order valence-electron chi connectivity index (χ3n) is 4.18. The molecular formula is C21H21FN4O. The fourth-order valence-corrected chi connectivity index (χ4v) is 2.89. The molecule has 1 aromatic heterocycles. The Labute approximate surface area is 157 Å². The summed E-state index contributed by atoms with van der Waals surface area (Å²) >= 11 is 0. The van der Waals surface area contributed by atoms with Gasteiger partial charge in [0.1, 0.15) is 17.3 Å². The third kappa shape index (κ3) is 4.67. The van der Waals surface area contributed by atoms with E-state index in [4.69, 9.17) is 0 Å². The van der Waals surface area contributed by atoms with Gasteiger partial charge < -0.3 is 10.6 Å². The number of carbonyl (C=O) groups is 1. The molecule has 0 fully saturated rings. The summed E-state index contributed by atoms with van der Waals surface area (Å²) in [5.74, 6) is -0.0701. The molecule has 0 aliphatic carbocycles. The molecule has 0 spiro atoms. The number of nitrogens with one attached hydrogen (secondary N) is 2. The first-order chi connectivity index (χ1) is 12.9. The number of halogens is 1. The highest BCUT2D eigenvalue weighted by molar-refractivity contribution is 5.92. The summed E-state index contributed by atoms with van der Waals surface area (Å²) in [6, 6.07) is 10.2. The molecule has 6 heteroatoms. The maximum Gasteiger partial charge on any atom is 0.271 e. The molecule has 0 atom stereocenters. The summed E-state index contributed by atoms with van der Waals surface area (Å²) in [4.78, 5) is 20.7. The van der Waals surface area contributed by atoms with Gasteiger partial charge in [0.25, 0.3) is 5.91 Å². The van der Waals surface area contributed by atoms with E-state index in [-0.39, 0.29) is 17.4 Å². The van der Waals surface area contributed by atoms with Gasteiger partial charge in [-0.2, -0.15) is 0 Å². The number of hydrogen-bond donors (Lipinski definition) is 2. The number of hydrogen-bond acceptors (Lipinski definition) is 4. The van der Waals surface area contributed by atoms with Gasteiger partial charge in [0, 0.05) is 12.2 Å². The van der Waals surface area contributed by atoms with Gasteiger partial charge in [0.2, 0.25) is 0 Å². The summed E-state index contributed by atoms with van der Waals surface area (Å²) in [6.45, 7) is 6.42. The van der Waals surface area contributed by atoms with Gasteiger partial charge in [-0.3, -0.25) is 4.79 Å². The quantitative estimate of drug-likeness (QED) is 0.711. The number of aromatic nitrogens is 2. The second kappa shape index (κ2) is 7.95. The predicted molar refractivity (Wildman–Crippen MR) is 104 cm³/mol. The van der Waals surface area contributed by atoms with Crippen LogP contribution in [0, 0.1) is 26.6 Å². The summed E-state index contributed by atoms with van der Waals surface area (Å²) in [7, 11) is 0. The first kappa shape index (κ1) is 18.5. The Morgan fingerprint density at radius 2 is 1.67 bits per heavy atom. The molecule has 2 N–H and O–H groups in total. The molecule has 0 saturated carbocycles. The number of nitrogens with zero attached hydrogens (tertiary/aromatic N) is 2. The number of amides is 1. The van der Waals surface area contributed by atoms with Crippen molar-refractivity contribution in [2.75, 3.05) is 5.32 Å². The van der Waals surface area contributed by atoms with Crippen molar-refractivity contribution in [1.29, 1.82) is 0 Å². The van der Waals surface area contributed by atoms with E-state index in [0.717, 1.165) is 22.4 Å². The molecule has 1 heterocycles. The highest BCUT2D eigenvalue weighted by atomic mass is 19.1. The average molecular weight is 364 g/mol. The van der Waals surface area contributed by atoms with E-state index in [1.165, 1.54) is 30.1 Å². The van der Waals surface area contributed by atoms with Crippen LogP contribution in [0.3, 0.4) is 0 Å². The van der Waals surface area contributed by atoms with Crippen LogP contribution in [0.4, 0.5) is 15.9 Å². The van der Waals surface area contributed by atoms with Gasteiger partial charge in [-0.25, -0.2) is 14.4 Å². The second-order valence-corrected chi connectivity index (χ2v) is 6.49. The Bertz CT molecular complexity index is 930. The molecule has 0 aliphatic rings. The lowest BCUT2D eigenvalue weighted by Crippen LogP contribution is -2.24. The minimum absolute atomic E-state index is 0.222. The van der Waals surface area contributed by atoms with Gasteiger partial charge in [0.05, 0.1) is 12.4 Å². The van der Waals surface area contributed by atoms with Crippen LogP contribution in [0.5, 0.6) is 0 Å². The Kier molecular flexibility index (Phi) is 5.45.